The minimum absolute atomic E-state index is 0.152. The number of hydrogen-bond acceptors (Lipinski definition) is 5. The highest BCUT2D eigenvalue weighted by Crippen LogP contribution is 2.42. The fourth-order valence-corrected chi connectivity index (χ4v) is 2.81. The molecule has 5 heteroatoms. The molecule has 0 aliphatic carbocycles. The molecule has 118 valence electrons. The second kappa shape index (κ2) is 5.68. The first-order valence-corrected chi connectivity index (χ1v) is 6.99. The molecule has 0 fully saturated rings. The summed E-state index contributed by atoms with van der Waals surface area (Å²) in [6.07, 6.45) is 0. The Bertz CT molecular complexity index is 914. The third-order valence-corrected chi connectivity index (χ3v) is 3.84. The fraction of sp³-hybridized carbons (Fsp3) is 0.167. The molecule has 0 aliphatic rings. The molecular formula is C18H16O5. The average Bonchev–Trinajstić information content (AvgIpc) is 2.58. The summed E-state index contributed by atoms with van der Waals surface area (Å²) in [6, 6.07) is 10.6. The topological polar surface area (TPSA) is 65.0 Å². The van der Waals surface area contributed by atoms with Crippen molar-refractivity contribution in [2.24, 2.45) is 0 Å². The molecule has 0 saturated heterocycles. The standard InChI is InChI=1S/C18H16O5/c1-21-16-12-7-5-10-4-6-11(19)8-13(10)14(12)9-15(17(16)22-2)18(20)23-3/h4-9,19H,1-3H3. The molecule has 23 heavy (non-hydrogen) atoms. The molecule has 0 aliphatic heterocycles. The number of phenolic OH excluding ortho intramolecular Hbond substituents is 1. The lowest BCUT2D eigenvalue weighted by molar-refractivity contribution is 0.0596. The van der Waals surface area contributed by atoms with Crippen molar-refractivity contribution in [3.63, 3.8) is 0 Å². The van der Waals surface area contributed by atoms with Crippen LogP contribution in [0.1, 0.15) is 10.4 Å². The van der Waals surface area contributed by atoms with E-state index in [0.717, 1.165) is 21.5 Å². The molecule has 0 unspecified atom stereocenters. The first-order chi connectivity index (χ1) is 11.1. The summed E-state index contributed by atoms with van der Waals surface area (Å²) in [7, 11) is 4.31. The highest BCUT2D eigenvalue weighted by molar-refractivity contribution is 6.13. The largest absolute Gasteiger partial charge is 0.508 e. The lowest BCUT2D eigenvalue weighted by Gasteiger charge is -2.16. The van der Waals surface area contributed by atoms with Crippen LogP contribution in [-0.2, 0) is 4.74 Å². The zero-order chi connectivity index (χ0) is 16.6. The van der Waals surface area contributed by atoms with E-state index in [-0.39, 0.29) is 11.3 Å². The molecule has 3 aromatic carbocycles. The number of carbonyl (C=O) groups excluding carboxylic acids is 1. The van der Waals surface area contributed by atoms with Crippen molar-refractivity contribution in [1.82, 2.24) is 0 Å². The Hall–Kier alpha value is -2.95. The summed E-state index contributed by atoms with van der Waals surface area (Å²) >= 11 is 0. The maximum atomic E-state index is 12.1. The molecule has 5 nitrogen and oxygen atoms in total. The monoisotopic (exact) mass is 312 g/mol. The molecule has 0 heterocycles. The number of rotatable bonds is 3. The number of esters is 1. The van der Waals surface area contributed by atoms with Gasteiger partial charge in [0, 0.05) is 5.39 Å². The molecule has 1 N–H and O–H groups in total. The fourth-order valence-electron chi connectivity index (χ4n) is 2.81. The van der Waals surface area contributed by atoms with Gasteiger partial charge in [0.25, 0.3) is 0 Å². The van der Waals surface area contributed by atoms with E-state index in [1.54, 1.807) is 18.2 Å². The third-order valence-electron chi connectivity index (χ3n) is 3.84. The summed E-state index contributed by atoms with van der Waals surface area (Å²) < 4.78 is 15.7. The Morgan fingerprint density at radius 3 is 2.22 bits per heavy atom. The Labute approximate surface area is 133 Å². The van der Waals surface area contributed by atoms with Crippen LogP contribution in [0.15, 0.2) is 36.4 Å². The van der Waals surface area contributed by atoms with Crippen LogP contribution in [-0.4, -0.2) is 32.4 Å². The normalized spacial score (nSPS) is 10.7. The summed E-state index contributed by atoms with van der Waals surface area (Å²) in [5.41, 5.74) is 0.273. The Morgan fingerprint density at radius 2 is 1.57 bits per heavy atom. The zero-order valence-electron chi connectivity index (χ0n) is 13.0. The molecule has 0 atom stereocenters. The molecular weight excluding hydrogens is 296 g/mol. The number of benzene rings is 3. The van der Waals surface area contributed by atoms with Crippen LogP contribution in [0.3, 0.4) is 0 Å². The minimum Gasteiger partial charge on any atom is -0.508 e. The van der Waals surface area contributed by atoms with Crippen molar-refractivity contribution in [1.29, 1.82) is 0 Å². The summed E-state index contributed by atoms with van der Waals surface area (Å²) in [5, 5.41) is 13.1. The van der Waals surface area contributed by atoms with Gasteiger partial charge in [0.2, 0.25) is 0 Å². The SMILES string of the molecule is COC(=O)c1cc2c(ccc3ccc(O)cc32)c(OC)c1OC. The number of carbonyl (C=O) groups is 1. The highest BCUT2D eigenvalue weighted by atomic mass is 16.5. The van der Waals surface area contributed by atoms with E-state index in [1.165, 1.54) is 21.3 Å². The van der Waals surface area contributed by atoms with E-state index in [1.807, 2.05) is 18.2 Å². The van der Waals surface area contributed by atoms with E-state index in [4.69, 9.17) is 14.2 Å². The summed E-state index contributed by atoms with van der Waals surface area (Å²) in [5.74, 6) is 0.417. The van der Waals surface area contributed by atoms with Gasteiger partial charge in [0.05, 0.1) is 21.3 Å². The Balaban J connectivity index is 2.51. The number of ether oxygens (including phenoxy) is 3. The first kappa shape index (κ1) is 15.0. The van der Waals surface area contributed by atoms with Crippen LogP contribution < -0.4 is 9.47 Å². The molecule has 3 rings (SSSR count). The average molecular weight is 312 g/mol. The van der Waals surface area contributed by atoms with Crippen LogP contribution in [0, 0.1) is 0 Å². The van der Waals surface area contributed by atoms with Crippen molar-refractivity contribution in [2.45, 2.75) is 0 Å². The van der Waals surface area contributed by atoms with Gasteiger partial charge in [-0.1, -0.05) is 12.1 Å². The number of methoxy groups -OCH3 is 3. The van der Waals surface area contributed by atoms with Crippen molar-refractivity contribution in [3.05, 3.63) is 42.0 Å². The van der Waals surface area contributed by atoms with E-state index >= 15 is 0 Å². The van der Waals surface area contributed by atoms with Crippen molar-refractivity contribution < 1.29 is 24.1 Å². The predicted octanol–water partition coefficient (Wildman–Crippen LogP) is 3.50. The van der Waals surface area contributed by atoms with E-state index < -0.39 is 5.97 Å². The van der Waals surface area contributed by atoms with Gasteiger partial charge in [-0.3, -0.25) is 0 Å². The van der Waals surface area contributed by atoms with E-state index in [0.29, 0.717) is 11.5 Å². The zero-order valence-corrected chi connectivity index (χ0v) is 13.0. The second-order valence-electron chi connectivity index (χ2n) is 5.05. The second-order valence-corrected chi connectivity index (χ2v) is 5.05. The lowest BCUT2D eigenvalue weighted by Crippen LogP contribution is -2.06. The van der Waals surface area contributed by atoms with Gasteiger partial charge < -0.3 is 19.3 Å². The molecule has 0 radical (unpaired) electrons. The van der Waals surface area contributed by atoms with Gasteiger partial charge in [0.15, 0.2) is 11.5 Å². The van der Waals surface area contributed by atoms with Crippen LogP contribution >= 0.6 is 0 Å². The maximum absolute atomic E-state index is 12.1. The molecule has 0 amide bonds. The molecule has 0 spiro atoms. The van der Waals surface area contributed by atoms with Gasteiger partial charge in [-0.15, -0.1) is 0 Å². The number of aromatic hydroxyl groups is 1. The van der Waals surface area contributed by atoms with E-state index in [2.05, 4.69) is 0 Å². The molecule has 0 aromatic heterocycles. The van der Waals surface area contributed by atoms with Gasteiger partial charge >= 0.3 is 5.97 Å². The first-order valence-electron chi connectivity index (χ1n) is 6.99. The van der Waals surface area contributed by atoms with Gasteiger partial charge in [-0.05, 0) is 40.4 Å². The van der Waals surface area contributed by atoms with Crippen molar-refractivity contribution in [2.75, 3.05) is 21.3 Å². The van der Waals surface area contributed by atoms with Crippen LogP contribution in [0.2, 0.25) is 0 Å². The number of phenols is 1. The van der Waals surface area contributed by atoms with Crippen molar-refractivity contribution >= 4 is 27.5 Å². The Kier molecular flexibility index (Phi) is 3.70. The maximum Gasteiger partial charge on any atom is 0.341 e. The molecule has 3 aromatic rings. The van der Waals surface area contributed by atoms with Gasteiger partial charge in [-0.2, -0.15) is 0 Å². The van der Waals surface area contributed by atoms with Gasteiger partial charge in [0.1, 0.15) is 11.3 Å². The lowest BCUT2D eigenvalue weighted by atomic mass is 9.98. The predicted molar refractivity (Wildman–Crippen MR) is 87.6 cm³/mol. The highest BCUT2D eigenvalue weighted by Gasteiger charge is 2.21. The summed E-state index contributed by atoms with van der Waals surface area (Å²) in [6.45, 7) is 0. The van der Waals surface area contributed by atoms with Gasteiger partial charge in [-0.25, -0.2) is 4.79 Å². The molecule has 0 bridgehead atoms. The van der Waals surface area contributed by atoms with Crippen LogP contribution in [0.5, 0.6) is 17.2 Å². The van der Waals surface area contributed by atoms with Crippen LogP contribution in [0.4, 0.5) is 0 Å². The quantitative estimate of drug-likeness (QED) is 0.592. The van der Waals surface area contributed by atoms with E-state index in [9.17, 15) is 9.90 Å². The smallest absolute Gasteiger partial charge is 0.341 e. The number of hydrogen-bond donors (Lipinski definition) is 1. The third kappa shape index (κ3) is 2.30. The Morgan fingerprint density at radius 1 is 0.870 bits per heavy atom. The molecule has 0 saturated carbocycles. The van der Waals surface area contributed by atoms with Crippen molar-refractivity contribution in [3.8, 4) is 17.2 Å². The summed E-state index contributed by atoms with van der Waals surface area (Å²) in [4.78, 5) is 12.1. The number of fused-ring (bicyclic) bond motifs is 3. The minimum atomic E-state index is -0.515. The van der Waals surface area contributed by atoms with Crippen LogP contribution in [0.25, 0.3) is 21.5 Å².